The van der Waals surface area contributed by atoms with Gasteiger partial charge in [-0.15, -0.1) is 0 Å². The summed E-state index contributed by atoms with van der Waals surface area (Å²) in [7, 11) is 0. The first-order valence-corrected chi connectivity index (χ1v) is 7.98. The minimum absolute atomic E-state index is 0.136. The monoisotopic (exact) mass is 326 g/mol. The van der Waals surface area contributed by atoms with Gasteiger partial charge in [-0.2, -0.15) is 0 Å². The van der Waals surface area contributed by atoms with Gasteiger partial charge in [0.1, 0.15) is 12.4 Å². The molecule has 0 amide bonds. The van der Waals surface area contributed by atoms with Crippen LogP contribution in [0.3, 0.4) is 0 Å². The summed E-state index contributed by atoms with van der Waals surface area (Å²) in [5.74, 6) is 0.782. The molecule has 3 nitrogen and oxygen atoms in total. The van der Waals surface area contributed by atoms with Crippen molar-refractivity contribution in [2.75, 3.05) is 11.9 Å². The molecule has 120 valence electrons. The molecule has 0 aliphatic rings. The Kier molecular flexibility index (Phi) is 6.18. The molecule has 0 bridgehead atoms. The number of thiocarbonyl (C=S) groups is 1. The van der Waals surface area contributed by atoms with Crippen LogP contribution in [-0.2, 0) is 0 Å². The fourth-order valence-electron chi connectivity index (χ4n) is 2.33. The third-order valence-corrected chi connectivity index (χ3v) is 3.68. The van der Waals surface area contributed by atoms with Crippen LogP contribution in [0, 0.1) is 6.92 Å². The van der Waals surface area contributed by atoms with Gasteiger partial charge in [-0.1, -0.05) is 43.0 Å². The molecule has 0 saturated carbocycles. The minimum Gasteiger partial charge on any atom is -0.489 e. The second-order valence-corrected chi connectivity index (χ2v) is 5.71. The summed E-state index contributed by atoms with van der Waals surface area (Å²) in [6, 6.07) is 16.1. The Morgan fingerprint density at radius 1 is 1.26 bits per heavy atom. The fraction of sp³-hybridized carbons (Fsp3) is 0.211. The van der Waals surface area contributed by atoms with Gasteiger partial charge in [-0.3, -0.25) is 0 Å². The summed E-state index contributed by atoms with van der Waals surface area (Å²) in [5, 5.41) is 7.09. The zero-order valence-electron chi connectivity index (χ0n) is 13.5. The molecule has 23 heavy (non-hydrogen) atoms. The molecule has 2 aromatic rings. The van der Waals surface area contributed by atoms with E-state index in [0.717, 1.165) is 11.4 Å². The van der Waals surface area contributed by atoms with Gasteiger partial charge >= 0.3 is 0 Å². The second kappa shape index (κ2) is 8.34. The van der Waals surface area contributed by atoms with E-state index in [1.54, 1.807) is 6.08 Å². The summed E-state index contributed by atoms with van der Waals surface area (Å²) >= 11 is 5.41. The van der Waals surface area contributed by atoms with Crippen LogP contribution in [0.25, 0.3) is 0 Å². The normalized spacial score (nSPS) is 11.4. The Hall–Kier alpha value is -2.33. The summed E-state index contributed by atoms with van der Waals surface area (Å²) in [5.41, 5.74) is 3.37. The molecule has 2 rings (SSSR count). The molecule has 1 atom stereocenters. The molecule has 2 aromatic carbocycles. The molecule has 0 unspecified atom stereocenters. The predicted octanol–water partition coefficient (Wildman–Crippen LogP) is 4.61. The lowest BCUT2D eigenvalue weighted by atomic mass is 10.0. The number of benzene rings is 2. The number of anilines is 1. The number of hydrogen-bond donors (Lipinski definition) is 2. The summed E-state index contributed by atoms with van der Waals surface area (Å²) in [4.78, 5) is 0. The SMILES string of the molecule is C=CCOc1cccc(NC(=S)N[C@H](C)c2ccccc2C)c1. The van der Waals surface area contributed by atoms with Gasteiger partial charge in [0.2, 0.25) is 0 Å². The average Bonchev–Trinajstić information content (AvgIpc) is 2.53. The molecule has 0 heterocycles. The van der Waals surface area contributed by atoms with Crippen LogP contribution < -0.4 is 15.4 Å². The van der Waals surface area contributed by atoms with Crippen LogP contribution in [-0.4, -0.2) is 11.7 Å². The van der Waals surface area contributed by atoms with Crippen molar-refractivity contribution in [3.05, 3.63) is 72.3 Å². The van der Waals surface area contributed by atoms with Crippen molar-refractivity contribution in [1.29, 1.82) is 0 Å². The lowest BCUT2D eigenvalue weighted by molar-refractivity contribution is 0.363. The van der Waals surface area contributed by atoms with E-state index >= 15 is 0 Å². The highest BCUT2D eigenvalue weighted by Gasteiger charge is 2.09. The van der Waals surface area contributed by atoms with Crippen molar-refractivity contribution in [2.45, 2.75) is 19.9 Å². The first-order chi connectivity index (χ1) is 11.1. The summed E-state index contributed by atoms with van der Waals surface area (Å²) in [6.07, 6.45) is 1.72. The van der Waals surface area contributed by atoms with Gasteiger partial charge in [0.25, 0.3) is 0 Å². The van der Waals surface area contributed by atoms with E-state index in [2.05, 4.69) is 43.2 Å². The van der Waals surface area contributed by atoms with E-state index < -0.39 is 0 Å². The third kappa shape index (κ3) is 5.11. The van der Waals surface area contributed by atoms with Gasteiger partial charge in [0, 0.05) is 11.8 Å². The van der Waals surface area contributed by atoms with Crippen molar-refractivity contribution in [3.8, 4) is 5.75 Å². The Balaban J connectivity index is 1.97. The number of ether oxygens (including phenoxy) is 1. The zero-order chi connectivity index (χ0) is 16.7. The highest BCUT2D eigenvalue weighted by Crippen LogP contribution is 2.19. The number of nitrogens with one attached hydrogen (secondary N) is 2. The van der Waals surface area contributed by atoms with E-state index in [-0.39, 0.29) is 6.04 Å². The first-order valence-electron chi connectivity index (χ1n) is 7.57. The second-order valence-electron chi connectivity index (χ2n) is 5.30. The molecule has 0 radical (unpaired) electrons. The molecule has 0 aliphatic carbocycles. The highest BCUT2D eigenvalue weighted by molar-refractivity contribution is 7.80. The van der Waals surface area contributed by atoms with E-state index in [0.29, 0.717) is 11.7 Å². The molecule has 2 N–H and O–H groups in total. The van der Waals surface area contributed by atoms with Crippen LogP contribution in [0.4, 0.5) is 5.69 Å². The van der Waals surface area contributed by atoms with Crippen molar-refractivity contribution in [3.63, 3.8) is 0 Å². The van der Waals surface area contributed by atoms with Crippen molar-refractivity contribution in [1.82, 2.24) is 5.32 Å². The fourth-order valence-corrected chi connectivity index (χ4v) is 2.63. The summed E-state index contributed by atoms with van der Waals surface area (Å²) in [6.45, 7) is 8.33. The van der Waals surface area contributed by atoms with Crippen molar-refractivity contribution >= 4 is 23.0 Å². The maximum absolute atomic E-state index is 5.52. The van der Waals surface area contributed by atoms with Crippen LogP contribution >= 0.6 is 12.2 Å². The van der Waals surface area contributed by atoms with Crippen LogP contribution in [0.2, 0.25) is 0 Å². The topological polar surface area (TPSA) is 33.3 Å². The van der Waals surface area contributed by atoms with Crippen LogP contribution in [0.15, 0.2) is 61.2 Å². The molecular formula is C19H22N2OS. The average molecular weight is 326 g/mol. The predicted molar refractivity (Wildman–Crippen MR) is 101 cm³/mol. The molecule has 0 aliphatic heterocycles. The Morgan fingerprint density at radius 3 is 2.78 bits per heavy atom. The van der Waals surface area contributed by atoms with E-state index in [4.69, 9.17) is 17.0 Å². The Morgan fingerprint density at radius 2 is 2.04 bits per heavy atom. The number of rotatable bonds is 6. The maximum Gasteiger partial charge on any atom is 0.171 e. The Labute approximate surface area is 143 Å². The largest absolute Gasteiger partial charge is 0.489 e. The zero-order valence-corrected chi connectivity index (χ0v) is 14.3. The van der Waals surface area contributed by atoms with Gasteiger partial charge < -0.3 is 15.4 Å². The van der Waals surface area contributed by atoms with E-state index in [1.807, 2.05) is 36.4 Å². The van der Waals surface area contributed by atoms with Gasteiger partial charge in [0.05, 0.1) is 6.04 Å². The van der Waals surface area contributed by atoms with E-state index in [9.17, 15) is 0 Å². The maximum atomic E-state index is 5.52. The highest BCUT2D eigenvalue weighted by atomic mass is 32.1. The van der Waals surface area contributed by atoms with Crippen molar-refractivity contribution < 1.29 is 4.74 Å². The molecule has 0 fully saturated rings. The Bertz CT molecular complexity index is 685. The van der Waals surface area contributed by atoms with Gasteiger partial charge in [-0.05, 0) is 49.3 Å². The molecule has 0 spiro atoms. The number of hydrogen-bond acceptors (Lipinski definition) is 2. The van der Waals surface area contributed by atoms with Gasteiger partial charge in [0.15, 0.2) is 5.11 Å². The van der Waals surface area contributed by atoms with E-state index in [1.165, 1.54) is 11.1 Å². The summed E-state index contributed by atoms with van der Waals surface area (Å²) < 4.78 is 5.52. The molecular weight excluding hydrogens is 304 g/mol. The smallest absolute Gasteiger partial charge is 0.171 e. The van der Waals surface area contributed by atoms with Crippen LogP contribution in [0.1, 0.15) is 24.1 Å². The minimum atomic E-state index is 0.136. The third-order valence-electron chi connectivity index (χ3n) is 3.46. The molecule has 4 heteroatoms. The van der Waals surface area contributed by atoms with Gasteiger partial charge in [-0.25, -0.2) is 0 Å². The molecule has 0 saturated heterocycles. The number of aryl methyl sites for hydroxylation is 1. The first kappa shape index (κ1) is 17.0. The quantitative estimate of drug-likeness (QED) is 0.600. The molecule has 0 aromatic heterocycles. The van der Waals surface area contributed by atoms with Crippen molar-refractivity contribution in [2.24, 2.45) is 0 Å². The van der Waals surface area contributed by atoms with Crippen LogP contribution in [0.5, 0.6) is 5.75 Å². The lowest BCUT2D eigenvalue weighted by Crippen LogP contribution is -2.31. The standard InChI is InChI=1S/C19H22N2OS/c1-4-12-22-17-10-7-9-16(13-17)21-19(23)20-15(3)18-11-6-5-8-14(18)2/h4-11,13,15H,1,12H2,2-3H3,(H2,20,21,23)/t15-/m1/s1. The lowest BCUT2D eigenvalue weighted by Gasteiger charge is -2.19.